The summed E-state index contributed by atoms with van der Waals surface area (Å²) in [6.45, 7) is 1.92. The summed E-state index contributed by atoms with van der Waals surface area (Å²) in [5, 5.41) is 9.24. The summed E-state index contributed by atoms with van der Waals surface area (Å²) in [5.74, 6) is 5.22. The second kappa shape index (κ2) is 7.63. The molecule has 3 heteroatoms. The van der Waals surface area contributed by atoms with E-state index in [1.165, 1.54) is 7.11 Å². The quantitative estimate of drug-likeness (QED) is 0.525. The lowest BCUT2D eigenvalue weighted by molar-refractivity contribution is -0.140. The average Bonchev–Trinajstić information content (AvgIpc) is 2.14. The number of methoxy groups -OCH3 is 1. The molecular formula is C10H16O3. The van der Waals surface area contributed by atoms with Gasteiger partial charge in [-0.15, -0.1) is 5.92 Å². The second-order valence-corrected chi connectivity index (χ2v) is 2.66. The maximum absolute atomic E-state index is 10.7. The molecule has 1 N–H and O–H groups in total. The molecule has 0 saturated heterocycles. The maximum Gasteiger partial charge on any atom is 0.305 e. The van der Waals surface area contributed by atoms with Gasteiger partial charge in [0.1, 0.15) is 6.10 Å². The highest BCUT2D eigenvalue weighted by Crippen LogP contribution is 2.00. The van der Waals surface area contributed by atoms with E-state index < -0.39 is 6.10 Å². The van der Waals surface area contributed by atoms with Gasteiger partial charge in [-0.1, -0.05) is 12.8 Å². The van der Waals surface area contributed by atoms with E-state index in [2.05, 4.69) is 16.6 Å². The van der Waals surface area contributed by atoms with Gasteiger partial charge >= 0.3 is 5.97 Å². The number of aliphatic hydroxyl groups is 1. The van der Waals surface area contributed by atoms with Crippen LogP contribution in [-0.2, 0) is 9.53 Å². The summed E-state index contributed by atoms with van der Waals surface area (Å²) in [6, 6.07) is 0. The first-order chi connectivity index (χ1) is 6.20. The van der Waals surface area contributed by atoms with Crippen molar-refractivity contribution in [2.45, 2.75) is 38.7 Å². The van der Waals surface area contributed by atoms with Crippen LogP contribution >= 0.6 is 0 Å². The molecular weight excluding hydrogens is 168 g/mol. The number of hydrogen-bond donors (Lipinski definition) is 1. The summed E-state index contributed by atoms with van der Waals surface area (Å²) in [6.07, 6.45) is 1.63. The Bertz CT molecular complexity index is 200. The van der Waals surface area contributed by atoms with Crippen LogP contribution in [0.4, 0.5) is 0 Å². The van der Waals surface area contributed by atoms with Gasteiger partial charge in [0.15, 0.2) is 0 Å². The first-order valence-electron chi connectivity index (χ1n) is 4.44. The van der Waals surface area contributed by atoms with E-state index in [4.69, 9.17) is 0 Å². The minimum atomic E-state index is -0.607. The zero-order valence-corrected chi connectivity index (χ0v) is 8.17. The van der Waals surface area contributed by atoms with Crippen molar-refractivity contribution >= 4 is 5.97 Å². The summed E-state index contributed by atoms with van der Waals surface area (Å²) in [4.78, 5) is 10.7. The van der Waals surface area contributed by atoms with Crippen molar-refractivity contribution in [3.05, 3.63) is 0 Å². The Morgan fingerprint density at radius 2 is 2.31 bits per heavy atom. The van der Waals surface area contributed by atoms with Crippen LogP contribution in [0.5, 0.6) is 0 Å². The van der Waals surface area contributed by atoms with Crippen LogP contribution in [0, 0.1) is 11.8 Å². The lowest BCUT2D eigenvalue weighted by Gasteiger charge is -2.01. The molecule has 74 valence electrons. The molecule has 0 fully saturated rings. The molecule has 0 spiro atoms. The third-order valence-electron chi connectivity index (χ3n) is 1.53. The van der Waals surface area contributed by atoms with Crippen molar-refractivity contribution in [3.63, 3.8) is 0 Å². The molecule has 0 radical (unpaired) electrons. The van der Waals surface area contributed by atoms with Gasteiger partial charge in [-0.05, 0) is 12.8 Å². The Balaban J connectivity index is 3.47. The van der Waals surface area contributed by atoms with Crippen molar-refractivity contribution < 1.29 is 14.6 Å². The molecule has 0 amide bonds. The van der Waals surface area contributed by atoms with Crippen molar-refractivity contribution in [1.82, 2.24) is 0 Å². The number of aliphatic hydroxyl groups excluding tert-OH is 1. The topological polar surface area (TPSA) is 46.5 Å². The smallest absolute Gasteiger partial charge is 0.305 e. The normalized spacial score (nSPS) is 11.3. The number of carbonyl (C=O) groups excluding carboxylic acids is 1. The minimum Gasteiger partial charge on any atom is -0.469 e. The van der Waals surface area contributed by atoms with E-state index in [1.54, 1.807) is 0 Å². The monoisotopic (exact) mass is 184 g/mol. The van der Waals surface area contributed by atoms with E-state index in [1.807, 2.05) is 6.92 Å². The molecule has 0 aromatic carbocycles. The van der Waals surface area contributed by atoms with Crippen LogP contribution < -0.4 is 0 Å². The summed E-state index contributed by atoms with van der Waals surface area (Å²) < 4.78 is 4.46. The fourth-order valence-electron chi connectivity index (χ4n) is 0.834. The Labute approximate surface area is 79.1 Å². The lowest BCUT2D eigenvalue weighted by atomic mass is 10.1. The third kappa shape index (κ3) is 7.35. The van der Waals surface area contributed by atoms with E-state index in [9.17, 15) is 9.90 Å². The maximum atomic E-state index is 10.7. The Morgan fingerprint density at radius 3 is 2.85 bits per heavy atom. The van der Waals surface area contributed by atoms with Gasteiger partial charge in [-0.2, -0.15) is 0 Å². The van der Waals surface area contributed by atoms with Crippen molar-refractivity contribution in [1.29, 1.82) is 0 Å². The number of ether oxygens (including phenoxy) is 1. The van der Waals surface area contributed by atoms with Crippen LogP contribution in [0.15, 0.2) is 0 Å². The first-order valence-corrected chi connectivity index (χ1v) is 4.44. The van der Waals surface area contributed by atoms with Gasteiger partial charge in [-0.25, -0.2) is 0 Å². The van der Waals surface area contributed by atoms with Crippen LogP contribution in [0.25, 0.3) is 0 Å². The molecule has 1 unspecified atom stereocenters. The first kappa shape index (κ1) is 12.0. The molecule has 0 aromatic rings. The van der Waals surface area contributed by atoms with Crippen molar-refractivity contribution in [2.75, 3.05) is 7.11 Å². The molecule has 13 heavy (non-hydrogen) atoms. The van der Waals surface area contributed by atoms with Crippen molar-refractivity contribution in [3.8, 4) is 11.8 Å². The second-order valence-electron chi connectivity index (χ2n) is 2.66. The average molecular weight is 184 g/mol. The van der Waals surface area contributed by atoms with Gasteiger partial charge < -0.3 is 9.84 Å². The Morgan fingerprint density at radius 1 is 1.62 bits per heavy atom. The predicted octanol–water partition coefficient (Wildman–Crippen LogP) is 1.10. The van der Waals surface area contributed by atoms with Gasteiger partial charge in [0, 0.05) is 12.8 Å². The molecule has 0 saturated carbocycles. The number of hydrogen-bond acceptors (Lipinski definition) is 3. The zero-order chi connectivity index (χ0) is 10.1. The predicted molar refractivity (Wildman–Crippen MR) is 49.9 cm³/mol. The molecule has 0 bridgehead atoms. The van der Waals surface area contributed by atoms with Gasteiger partial charge in [0.2, 0.25) is 0 Å². The molecule has 0 rings (SSSR count). The van der Waals surface area contributed by atoms with Gasteiger partial charge in [0.25, 0.3) is 0 Å². The zero-order valence-electron chi connectivity index (χ0n) is 8.17. The van der Waals surface area contributed by atoms with E-state index in [-0.39, 0.29) is 5.97 Å². The van der Waals surface area contributed by atoms with Gasteiger partial charge in [-0.3, -0.25) is 4.79 Å². The highest BCUT2D eigenvalue weighted by Gasteiger charge is 2.03. The summed E-state index contributed by atoms with van der Waals surface area (Å²) in [5.41, 5.74) is 0. The third-order valence-corrected chi connectivity index (χ3v) is 1.53. The lowest BCUT2D eigenvalue weighted by Crippen LogP contribution is -2.05. The SMILES string of the molecule is CCC#CC(O)CCCC(=O)OC. The Hall–Kier alpha value is -1.01. The number of rotatable bonds is 4. The molecule has 1 atom stereocenters. The minimum absolute atomic E-state index is 0.240. The van der Waals surface area contributed by atoms with Crippen molar-refractivity contribution in [2.24, 2.45) is 0 Å². The largest absolute Gasteiger partial charge is 0.469 e. The molecule has 0 aliphatic carbocycles. The molecule has 0 aliphatic rings. The highest BCUT2D eigenvalue weighted by atomic mass is 16.5. The molecule has 0 aliphatic heterocycles. The van der Waals surface area contributed by atoms with Crippen LogP contribution in [0.1, 0.15) is 32.6 Å². The Kier molecular flexibility index (Phi) is 7.04. The molecule has 3 nitrogen and oxygen atoms in total. The number of carbonyl (C=O) groups is 1. The summed E-state index contributed by atoms with van der Waals surface area (Å²) in [7, 11) is 1.36. The fourth-order valence-corrected chi connectivity index (χ4v) is 0.834. The van der Waals surface area contributed by atoms with Gasteiger partial charge in [0.05, 0.1) is 7.11 Å². The van der Waals surface area contributed by atoms with Crippen LogP contribution in [-0.4, -0.2) is 24.3 Å². The van der Waals surface area contributed by atoms with Crippen LogP contribution in [0.2, 0.25) is 0 Å². The highest BCUT2D eigenvalue weighted by molar-refractivity contribution is 5.68. The van der Waals surface area contributed by atoms with E-state index in [0.717, 1.165) is 6.42 Å². The van der Waals surface area contributed by atoms with Crippen LogP contribution in [0.3, 0.4) is 0 Å². The summed E-state index contributed by atoms with van der Waals surface area (Å²) >= 11 is 0. The molecule has 0 aromatic heterocycles. The molecule has 0 heterocycles. The standard InChI is InChI=1S/C10H16O3/c1-3-4-6-9(11)7-5-8-10(12)13-2/h9,11H,3,5,7-8H2,1-2H3. The van der Waals surface area contributed by atoms with E-state index >= 15 is 0 Å². The number of esters is 1. The fraction of sp³-hybridized carbons (Fsp3) is 0.700. The van der Waals surface area contributed by atoms with E-state index in [0.29, 0.717) is 19.3 Å².